The van der Waals surface area contributed by atoms with E-state index < -0.39 is 12.1 Å². The molecule has 3 atom stereocenters. The molecule has 2 saturated heterocycles. The van der Waals surface area contributed by atoms with Gasteiger partial charge in [-0.05, 0) is 35.6 Å². The minimum Gasteiger partial charge on any atom is -0.508 e. The third-order valence-corrected chi connectivity index (χ3v) is 5.83. The Morgan fingerprint density at radius 3 is 2.74 bits per heavy atom. The quantitative estimate of drug-likeness (QED) is 0.728. The molecule has 27 heavy (non-hydrogen) atoms. The van der Waals surface area contributed by atoms with Crippen LogP contribution in [-0.2, 0) is 16.0 Å². The van der Waals surface area contributed by atoms with Gasteiger partial charge in [-0.25, -0.2) is 0 Å². The molecule has 0 unspecified atom stereocenters. The fraction of sp³-hybridized carbons (Fsp3) is 0.316. The van der Waals surface area contributed by atoms with E-state index in [0.717, 1.165) is 5.56 Å². The molecule has 0 saturated carbocycles. The summed E-state index contributed by atoms with van der Waals surface area (Å²) < 4.78 is 0. The first kappa shape index (κ1) is 17.5. The van der Waals surface area contributed by atoms with Crippen LogP contribution < -0.4 is 10.6 Å². The standard InChI is InChI=1S/C19H19N3O4S/c23-13-5-3-11(4-6-13)8-14-19(26)22-10-12(9-15(22)17(24)21-14)20-18(25)16-2-1-7-27-16/h1-7,12,14-15,23H,8-10H2,(H,20,25)(H,21,24)/t12-,14-,15-/m0/s1. The van der Waals surface area contributed by atoms with Crippen LogP contribution in [0.15, 0.2) is 41.8 Å². The van der Waals surface area contributed by atoms with Crippen molar-refractivity contribution in [3.8, 4) is 5.75 Å². The van der Waals surface area contributed by atoms with E-state index in [1.54, 1.807) is 35.2 Å². The molecule has 140 valence electrons. The number of aromatic hydroxyl groups is 1. The Morgan fingerprint density at radius 2 is 2.04 bits per heavy atom. The average molecular weight is 385 g/mol. The summed E-state index contributed by atoms with van der Waals surface area (Å²) in [5, 5.41) is 16.9. The van der Waals surface area contributed by atoms with Crippen LogP contribution >= 0.6 is 11.3 Å². The van der Waals surface area contributed by atoms with E-state index in [4.69, 9.17) is 0 Å². The zero-order valence-electron chi connectivity index (χ0n) is 14.4. The predicted octanol–water partition coefficient (Wildman–Crippen LogP) is 0.894. The fourth-order valence-electron chi connectivity index (χ4n) is 3.63. The van der Waals surface area contributed by atoms with E-state index in [1.165, 1.54) is 11.3 Å². The minimum absolute atomic E-state index is 0.138. The Balaban J connectivity index is 1.43. The molecule has 2 aliphatic heterocycles. The predicted molar refractivity (Wildman–Crippen MR) is 99.4 cm³/mol. The number of phenols is 1. The lowest BCUT2D eigenvalue weighted by Gasteiger charge is -2.34. The van der Waals surface area contributed by atoms with Crippen LogP contribution in [0.5, 0.6) is 5.75 Å². The molecule has 0 radical (unpaired) electrons. The molecule has 2 fully saturated rings. The zero-order chi connectivity index (χ0) is 19.0. The molecule has 3 amide bonds. The van der Waals surface area contributed by atoms with Gasteiger partial charge >= 0.3 is 0 Å². The van der Waals surface area contributed by atoms with Crippen LogP contribution in [0.3, 0.4) is 0 Å². The highest BCUT2D eigenvalue weighted by atomic mass is 32.1. The topological polar surface area (TPSA) is 98.7 Å². The Hall–Kier alpha value is -2.87. The number of hydrogen-bond acceptors (Lipinski definition) is 5. The lowest BCUT2D eigenvalue weighted by atomic mass is 10.0. The molecular weight excluding hydrogens is 366 g/mol. The first-order chi connectivity index (χ1) is 13.0. The second kappa shape index (κ2) is 7.03. The second-order valence-electron chi connectivity index (χ2n) is 6.82. The van der Waals surface area contributed by atoms with Gasteiger partial charge in [0.1, 0.15) is 17.8 Å². The summed E-state index contributed by atoms with van der Waals surface area (Å²) in [5.41, 5.74) is 0.853. The van der Waals surface area contributed by atoms with Crippen LogP contribution in [0.2, 0.25) is 0 Å². The molecule has 1 aromatic heterocycles. The maximum Gasteiger partial charge on any atom is 0.261 e. The molecule has 8 heteroatoms. The zero-order valence-corrected chi connectivity index (χ0v) is 15.2. The number of hydrogen-bond donors (Lipinski definition) is 3. The normalized spacial score (nSPS) is 24.4. The molecule has 0 bridgehead atoms. The second-order valence-corrected chi connectivity index (χ2v) is 7.77. The van der Waals surface area contributed by atoms with Crippen LogP contribution in [0.4, 0.5) is 0 Å². The largest absolute Gasteiger partial charge is 0.508 e. The summed E-state index contributed by atoms with van der Waals surface area (Å²) in [5.74, 6) is -0.350. The van der Waals surface area contributed by atoms with Gasteiger partial charge in [-0.15, -0.1) is 11.3 Å². The Bertz CT molecular complexity index is 866. The van der Waals surface area contributed by atoms with Crippen molar-refractivity contribution in [2.75, 3.05) is 6.54 Å². The van der Waals surface area contributed by atoms with Crippen LogP contribution in [0.1, 0.15) is 21.7 Å². The van der Waals surface area contributed by atoms with Crippen LogP contribution in [-0.4, -0.2) is 52.4 Å². The van der Waals surface area contributed by atoms with Gasteiger partial charge in [0.15, 0.2) is 0 Å². The molecule has 3 heterocycles. The molecular formula is C19H19N3O4S. The smallest absolute Gasteiger partial charge is 0.261 e. The van der Waals surface area contributed by atoms with Crippen molar-refractivity contribution in [2.45, 2.75) is 31.0 Å². The molecule has 4 rings (SSSR count). The Morgan fingerprint density at radius 1 is 1.26 bits per heavy atom. The molecule has 0 spiro atoms. The van der Waals surface area contributed by atoms with Gasteiger partial charge in [0.05, 0.1) is 4.88 Å². The number of piperazine rings is 1. The highest BCUT2D eigenvalue weighted by Gasteiger charge is 2.46. The van der Waals surface area contributed by atoms with Gasteiger partial charge in [-0.3, -0.25) is 14.4 Å². The van der Waals surface area contributed by atoms with Gasteiger partial charge < -0.3 is 20.6 Å². The van der Waals surface area contributed by atoms with Crippen LogP contribution in [0.25, 0.3) is 0 Å². The fourth-order valence-corrected chi connectivity index (χ4v) is 4.26. The van der Waals surface area contributed by atoms with Crippen molar-refractivity contribution >= 4 is 29.1 Å². The first-order valence-electron chi connectivity index (χ1n) is 8.74. The highest BCUT2D eigenvalue weighted by molar-refractivity contribution is 7.12. The van der Waals surface area contributed by atoms with E-state index in [0.29, 0.717) is 24.3 Å². The number of nitrogens with one attached hydrogen (secondary N) is 2. The summed E-state index contributed by atoms with van der Waals surface area (Å²) in [4.78, 5) is 39.7. The Labute approximate surface area is 160 Å². The van der Waals surface area contributed by atoms with Crippen molar-refractivity contribution in [1.29, 1.82) is 0 Å². The number of fused-ring (bicyclic) bond motifs is 1. The molecule has 1 aromatic carbocycles. The van der Waals surface area contributed by atoms with E-state index in [9.17, 15) is 19.5 Å². The van der Waals surface area contributed by atoms with Gasteiger partial charge in [0, 0.05) is 19.0 Å². The number of rotatable bonds is 4. The van der Waals surface area contributed by atoms with Crippen molar-refractivity contribution in [3.63, 3.8) is 0 Å². The van der Waals surface area contributed by atoms with E-state index >= 15 is 0 Å². The third-order valence-electron chi connectivity index (χ3n) is 4.96. The van der Waals surface area contributed by atoms with Gasteiger partial charge in [-0.2, -0.15) is 0 Å². The summed E-state index contributed by atoms with van der Waals surface area (Å²) in [6.07, 6.45) is 0.779. The number of nitrogens with zero attached hydrogens (tertiary/aromatic N) is 1. The van der Waals surface area contributed by atoms with Crippen LogP contribution in [0, 0.1) is 0 Å². The van der Waals surface area contributed by atoms with Crippen molar-refractivity contribution in [1.82, 2.24) is 15.5 Å². The highest BCUT2D eigenvalue weighted by Crippen LogP contribution is 2.25. The monoisotopic (exact) mass is 385 g/mol. The number of benzene rings is 1. The maximum atomic E-state index is 12.8. The van der Waals surface area contributed by atoms with E-state index in [1.807, 2.05) is 11.4 Å². The molecule has 7 nitrogen and oxygen atoms in total. The van der Waals surface area contributed by atoms with Crippen molar-refractivity contribution in [2.24, 2.45) is 0 Å². The molecule has 0 aliphatic carbocycles. The molecule has 3 N–H and O–H groups in total. The summed E-state index contributed by atoms with van der Waals surface area (Å²) in [6, 6.07) is 8.71. The summed E-state index contributed by atoms with van der Waals surface area (Å²) >= 11 is 1.35. The summed E-state index contributed by atoms with van der Waals surface area (Å²) in [6.45, 7) is 0.333. The van der Waals surface area contributed by atoms with Gasteiger partial charge in [0.25, 0.3) is 5.91 Å². The number of amides is 3. The number of carbonyl (C=O) groups is 3. The number of carbonyl (C=O) groups excluding carboxylic acids is 3. The lowest BCUT2D eigenvalue weighted by Crippen LogP contribution is -2.61. The average Bonchev–Trinajstić information content (AvgIpc) is 3.31. The number of phenolic OH excluding ortho intramolecular Hbond substituents is 1. The lowest BCUT2D eigenvalue weighted by molar-refractivity contribution is -0.147. The van der Waals surface area contributed by atoms with Gasteiger partial charge in [-0.1, -0.05) is 18.2 Å². The molecule has 2 aromatic rings. The SMILES string of the molecule is O=C(N[C@H]1C[C@H]2C(=O)N[C@@H](Cc3ccc(O)cc3)C(=O)N2C1)c1cccs1. The first-order valence-corrected chi connectivity index (χ1v) is 9.62. The van der Waals surface area contributed by atoms with Crippen molar-refractivity contribution < 1.29 is 19.5 Å². The van der Waals surface area contributed by atoms with Gasteiger partial charge in [0.2, 0.25) is 11.8 Å². The number of thiophene rings is 1. The maximum absolute atomic E-state index is 12.8. The summed E-state index contributed by atoms with van der Waals surface area (Å²) in [7, 11) is 0. The third kappa shape index (κ3) is 3.52. The Kier molecular flexibility index (Phi) is 4.57. The minimum atomic E-state index is -0.634. The van der Waals surface area contributed by atoms with E-state index in [2.05, 4.69) is 10.6 Å². The van der Waals surface area contributed by atoms with E-state index in [-0.39, 0.29) is 29.5 Å². The molecule has 2 aliphatic rings. The van der Waals surface area contributed by atoms with Crippen molar-refractivity contribution in [3.05, 3.63) is 52.2 Å².